The summed E-state index contributed by atoms with van der Waals surface area (Å²) in [5.74, 6) is -14.0. The van der Waals surface area contributed by atoms with Gasteiger partial charge in [0.15, 0.2) is 40.7 Å². The molecule has 0 saturated heterocycles. The minimum atomic E-state index is -1.89. The van der Waals surface area contributed by atoms with Crippen LogP contribution in [0.15, 0.2) is 48.5 Å². The molecule has 10 heteroatoms. The molecule has 0 aliphatic heterocycles. The largest absolute Gasteiger partial charge is 0.503 e. The summed E-state index contributed by atoms with van der Waals surface area (Å²) >= 11 is 0. The second-order valence-corrected chi connectivity index (χ2v) is 10.2. The van der Waals surface area contributed by atoms with Crippen LogP contribution in [0.4, 0.5) is 35.1 Å². The third-order valence-corrected chi connectivity index (χ3v) is 7.69. The second kappa shape index (κ2) is 12.0. The van der Waals surface area contributed by atoms with Crippen molar-refractivity contribution in [3.8, 4) is 17.2 Å². The maximum absolute atomic E-state index is 14.9. The predicted molar refractivity (Wildman–Crippen MR) is 141 cm³/mol. The monoisotopic (exact) mass is 594 g/mol. The van der Waals surface area contributed by atoms with Crippen molar-refractivity contribution in [3.63, 3.8) is 0 Å². The summed E-state index contributed by atoms with van der Waals surface area (Å²) in [7, 11) is 0. The molecule has 0 aromatic heterocycles. The summed E-state index contributed by atoms with van der Waals surface area (Å²) in [5.41, 5.74) is -2.65. The van der Waals surface area contributed by atoms with Crippen LogP contribution in [0.5, 0.6) is 17.2 Å². The molecule has 0 amide bonds. The molecule has 0 fully saturated rings. The van der Waals surface area contributed by atoms with Crippen molar-refractivity contribution in [3.05, 3.63) is 123 Å². The van der Waals surface area contributed by atoms with E-state index in [4.69, 9.17) is 9.84 Å². The third kappa shape index (κ3) is 5.67. The number of phenols is 1. The van der Waals surface area contributed by atoms with E-state index in [0.29, 0.717) is 11.3 Å². The Kier molecular flexibility index (Phi) is 8.84. The molecular weight excluding hydrogens is 568 g/mol. The molecule has 0 spiro atoms. The van der Waals surface area contributed by atoms with Crippen LogP contribution in [0.1, 0.15) is 61.4 Å². The van der Waals surface area contributed by atoms with E-state index in [9.17, 15) is 35.1 Å². The number of hydrogen-bond donors (Lipinski definition) is 1. The summed E-state index contributed by atoms with van der Waals surface area (Å²) in [6.07, 6.45) is -0.349. The SMILES string of the molecule is CCC(C)(CC)c1c(F)c(F)c(Cc2ccc(Oc3ccc(Cc4c(F)c(F)c(O)c(F)c4F)cc3)cc2)c(F)c1F. The lowest BCUT2D eigenvalue weighted by atomic mass is 9.76. The smallest absolute Gasteiger partial charge is 0.203 e. The zero-order chi connectivity index (χ0) is 30.9. The van der Waals surface area contributed by atoms with Gasteiger partial charge in [0.1, 0.15) is 11.5 Å². The summed E-state index contributed by atoms with van der Waals surface area (Å²) in [6.45, 7) is 4.93. The van der Waals surface area contributed by atoms with Gasteiger partial charge >= 0.3 is 0 Å². The zero-order valence-corrected chi connectivity index (χ0v) is 22.8. The summed E-state index contributed by atoms with van der Waals surface area (Å²) < 4.78 is 121. The first kappa shape index (κ1) is 30.9. The zero-order valence-electron chi connectivity index (χ0n) is 22.8. The van der Waals surface area contributed by atoms with Crippen LogP contribution in [0.25, 0.3) is 0 Å². The van der Waals surface area contributed by atoms with Gasteiger partial charge in [-0.15, -0.1) is 0 Å². The molecule has 0 saturated carbocycles. The van der Waals surface area contributed by atoms with Crippen molar-refractivity contribution in [1.82, 2.24) is 0 Å². The van der Waals surface area contributed by atoms with Gasteiger partial charge < -0.3 is 9.84 Å². The molecule has 0 bridgehead atoms. The summed E-state index contributed by atoms with van der Waals surface area (Å²) in [5, 5.41) is 9.12. The van der Waals surface area contributed by atoms with E-state index < -0.39 is 87.2 Å². The van der Waals surface area contributed by atoms with Gasteiger partial charge in [-0.05, 0) is 53.6 Å². The maximum Gasteiger partial charge on any atom is 0.203 e. The Balaban J connectivity index is 1.49. The predicted octanol–water partition coefficient (Wildman–Crippen LogP) is 9.56. The molecule has 1 N–H and O–H groups in total. The molecule has 0 unspecified atom stereocenters. The first-order valence-electron chi connectivity index (χ1n) is 13.1. The van der Waals surface area contributed by atoms with Gasteiger partial charge in [-0.2, -0.15) is 8.78 Å². The lowest BCUT2D eigenvalue weighted by molar-refractivity contribution is 0.352. The van der Waals surface area contributed by atoms with Crippen LogP contribution < -0.4 is 4.74 Å². The van der Waals surface area contributed by atoms with Gasteiger partial charge in [-0.3, -0.25) is 0 Å². The van der Waals surface area contributed by atoms with Crippen LogP contribution in [-0.4, -0.2) is 5.11 Å². The first-order chi connectivity index (χ1) is 19.8. The number of rotatable bonds is 9. The van der Waals surface area contributed by atoms with E-state index in [-0.39, 0.29) is 24.2 Å². The van der Waals surface area contributed by atoms with Crippen LogP contribution in [-0.2, 0) is 18.3 Å². The normalized spacial score (nSPS) is 11.7. The summed E-state index contributed by atoms with van der Waals surface area (Å²) in [4.78, 5) is 0. The van der Waals surface area contributed by atoms with Crippen molar-refractivity contribution in [2.45, 2.75) is 51.9 Å². The molecule has 4 rings (SSSR count). The summed E-state index contributed by atoms with van der Waals surface area (Å²) in [6, 6.07) is 11.6. The molecule has 0 heterocycles. The molecule has 0 aliphatic carbocycles. The van der Waals surface area contributed by atoms with Gasteiger partial charge in [0.25, 0.3) is 0 Å². The maximum atomic E-state index is 14.9. The highest BCUT2D eigenvalue weighted by atomic mass is 19.2. The number of phenolic OH excluding ortho intramolecular Hbond substituents is 1. The Bertz CT molecular complexity index is 1550. The minimum Gasteiger partial charge on any atom is -0.503 e. The van der Waals surface area contributed by atoms with E-state index in [1.807, 2.05) is 0 Å². The van der Waals surface area contributed by atoms with Gasteiger partial charge in [-0.1, -0.05) is 45.0 Å². The number of aromatic hydroxyl groups is 1. The number of hydrogen-bond acceptors (Lipinski definition) is 2. The van der Waals surface area contributed by atoms with Crippen molar-refractivity contribution < 1.29 is 45.0 Å². The lowest BCUT2D eigenvalue weighted by Crippen LogP contribution is -2.25. The molecule has 0 aliphatic rings. The molecule has 42 heavy (non-hydrogen) atoms. The highest BCUT2D eigenvalue weighted by Crippen LogP contribution is 2.38. The number of halogens is 8. The van der Waals surface area contributed by atoms with Crippen molar-refractivity contribution in [1.29, 1.82) is 0 Å². The van der Waals surface area contributed by atoms with Crippen molar-refractivity contribution in [2.24, 2.45) is 0 Å². The Morgan fingerprint density at radius 3 is 1.21 bits per heavy atom. The first-order valence-corrected chi connectivity index (χ1v) is 13.1. The van der Waals surface area contributed by atoms with Crippen LogP contribution in [0, 0.1) is 46.5 Å². The van der Waals surface area contributed by atoms with E-state index in [1.165, 1.54) is 48.5 Å². The lowest BCUT2D eigenvalue weighted by Gasteiger charge is -2.29. The fourth-order valence-corrected chi connectivity index (χ4v) is 4.68. The topological polar surface area (TPSA) is 29.5 Å². The Hall–Kier alpha value is -4.08. The highest BCUT2D eigenvalue weighted by Gasteiger charge is 2.35. The standard InChI is InChI=1S/C32H26F8O2/c1-4-32(3,5-2)22-27(37)23(33)20(24(34)28(22)38)14-16-6-10-18(11-7-16)42-19-12-8-17(9-13-19)15-21-25(35)29(39)31(41)30(40)26(21)36/h6-13,41H,4-5,14-15H2,1-3H3. The van der Waals surface area contributed by atoms with E-state index in [0.717, 1.165) is 0 Å². The molecular formula is C32H26F8O2. The van der Waals surface area contributed by atoms with Crippen molar-refractivity contribution in [2.75, 3.05) is 0 Å². The number of benzene rings is 4. The van der Waals surface area contributed by atoms with Gasteiger partial charge in [0, 0.05) is 29.5 Å². The minimum absolute atomic E-state index is 0.280. The van der Waals surface area contributed by atoms with Gasteiger partial charge in [0.05, 0.1) is 0 Å². The van der Waals surface area contributed by atoms with Crippen LogP contribution in [0.3, 0.4) is 0 Å². The highest BCUT2D eigenvalue weighted by molar-refractivity contribution is 5.41. The van der Waals surface area contributed by atoms with E-state index in [1.54, 1.807) is 20.8 Å². The second-order valence-electron chi connectivity index (χ2n) is 10.2. The Morgan fingerprint density at radius 2 is 0.881 bits per heavy atom. The van der Waals surface area contributed by atoms with E-state index >= 15 is 0 Å². The molecule has 0 atom stereocenters. The third-order valence-electron chi connectivity index (χ3n) is 7.69. The molecule has 2 nitrogen and oxygen atoms in total. The van der Waals surface area contributed by atoms with Crippen LogP contribution in [0.2, 0.25) is 0 Å². The van der Waals surface area contributed by atoms with Gasteiger partial charge in [-0.25, -0.2) is 26.3 Å². The van der Waals surface area contributed by atoms with Crippen LogP contribution >= 0.6 is 0 Å². The average Bonchev–Trinajstić information content (AvgIpc) is 3.00. The average molecular weight is 595 g/mol. The quantitative estimate of drug-likeness (QED) is 0.155. The fraction of sp³-hybridized carbons (Fsp3) is 0.250. The van der Waals surface area contributed by atoms with Gasteiger partial charge in [0.2, 0.25) is 11.6 Å². The van der Waals surface area contributed by atoms with Crippen molar-refractivity contribution >= 4 is 0 Å². The Morgan fingerprint density at radius 1 is 0.548 bits per heavy atom. The number of ether oxygens (including phenoxy) is 1. The fourth-order valence-electron chi connectivity index (χ4n) is 4.68. The molecule has 4 aromatic rings. The molecule has 4 aromatic carbocycles. The molecule has 222 valence electrons. The Labute approximate surface area is 237 Å². The van der Waals surface area contributed by atoms with E-state index in [2.05, 4.69) is 0 Å². The molecule has 0 radical (unpaired) electrons.